The van der Waals surface area contributed by atoms with Crippen LogP contribution in [-0.2, 0) is 12.4 Å². The summed E-state index contributed by atoms with van der Waals surface area (Å²) in [4.78, 5) is 0. The maximum atomic E-state index is 14.9. The molecule has 68 heavy (non-hydrogen) atoms. The molecule has 322 valence electrons. The van der Waals surface area contributed by atoms with Crippen molar-refractivity contribution in [3.63, 3.8) is 0 Å². The van der Waals surface area contributed by atoms with Crippen molar-refractivity contribution in [1.82, 2.24) is 9.13 Å². The number of rotatable bonds is 5. The van der Waals surface area contributed by atoms with Gasteiger partial charge in [0.05, 0.1) is 103 Å². The van der Waals surface area contributed by atoms with Gasteiger partial charge >= 0.3 is 12.4 Å². The lowest BCUT2D eigenvalue weighted by Crippen LogP contribution is -2.12. The highest BCUT2D eigenvalue weighted by atomic mass is 19.4. The van der Waals surface area contributed by atoms with E-state index in [9.17, 15) is 52.7 Å². The van der Waals surface area contributed by atoms with Crippen molar-refractivity contribution in [1.29, 1.82) is 26.3 Å². The molecule has 10 aromatic rings. The van der Waals surface area contributed by atoms with Crippen LogP contribution in [-0.4, -0.2) is 9.13 Å². The third-order valence-corrected chi connectivity index (χ3v) is 12.0. The number of benzene rings is 8. The van der Waals surface area contributed by atoms with E-state index in [4.69, 9.17) is 0 Å². The molecule has 0 aliphatic rings. The molecule has 2 aromatic heterocycles. The van der Waals surface area contributed by atoms with Gasteiger partial charge in [0.15, 0.2) is 0 Å². The summed E-state index contributed by atoms with van der Waals surface area (Å²) in [6.45, 7) is 0. The molecule has 0 saturated heterocycles. The summed E-state index contributed by atoms with van der Waals surface area (Å²) < 4.78 is 92.7. The number of aromatic nitrogens is 2. The van der Waals surface area contributed by atoms with Crippen LogP contribution in [0.1, 0.15) is 38.9 Å². The second-order valence-corrected chi connectivity index (χ2v) is 16.0. The fourth-order valence-electron chi connectivity index (χ4n) is 9.09. The molecule has 0 radical (unpaired) electrons. The standard InChI is InChI=1S/C55H25F6N7/c56-54(57,58)41-21-40(22-42(25-41)55(59,60)61)53-51(67-47-7-3-1-5-43(47)45-11-9-36(23-49(45)67)38-15-31(26-62)13-32(16-38)27-63)19-35(30-66)20-52(53)68-48-8-4-2-6-44(48)46-12-10-37(24-50(46)68)39-17-33(28-64)14-34(18-39)29-65/h1-25H. The van der Waals surface area contributed by atoms with Crippen LogP contribution in [0.3, 0.4) is 0 Å². The molecule has 0 saturated carbocycles. The molecule has 8 aromatic carbocycles. The monoisotopic (exact) mass is 897 g/mol. The Kier molecular flexibility index (Phi) is 9.85. The third-order valence-electron chi connectivity index (χ3n) is 12.0. The van der Waals surface area contributed by atoms with Gasteiger partial charge in [0.1, 0.15) is 0 Å². The third kappa shape index (κ3) is 7.07. The Bertz CT molecular complexity index is 3710. The minimum Gasteiger partial charge on any atom is -0.308 e. The molecule has 2 heterocycles. The van der Waals surface area contributed by atoms with E-state index in [1.807, 2.05) is 24.3 Å². The molecular weight excluding hydrogens is 873 g/mol. The van der Waals surface area contributed by atoms with Crippen LogP contribution in [0.4, 0.5) is 26.3 Å². The first-order valence-corrected chi connectivity index (χ1v) is 20.6. The zero-order valence-corrected chi connectivity index (χ0v) is 34.8. The SMILES string of the molecule is N#Cc1cc(C#N)cc(-c2ccc3c4ccccc4n(-c4cc(C#N)cc(-n5c6ccccc6c6ccc(-c7cc(C#N)cc(C#N)c7)cc65)c4-c4cc(C(F)(F)F)cc(C(F)(F)F)c4)c3c2)c1. The topological polar surface area (TPSA) is 129 Å². The minimum absolute atomic E-state index is 0.0201. The Balaban J connectivity index is 1.39. The van der Waals surface area contributed by atoms with E-state index in [1.165, 1.54) is 24.3 Å². The number of hydrogen-bond acceptors (Lipinski definition) is 5. The van der Waals surface area contributed by atoms with Gasteiger partial charge in [-0.05, 0) is 119 Å². The molecular formula is C55H25F6N7. The molecule has 0 spiro atoms. The summed E-state index contributed by atoms with van der Waals surface area (Å²) in [5.41, 5.74) is 1.40. The second-order valence-electron chi connectivity index (χ2n) is 16.0. The smallest absolute Gasteiger partial charge is 0.308 e. The number of halogens is 6. The van der Waals surface area contributed by atoms with Crippen LogP contribution < -0.4 is 0 Å². The summed E-state index contributed by atoms with van der Waals surface area (Å²) in [5.74, 6) is 0. The highest BCUT2D eigenvalue weighted by Gasteiger charge is 2.38. The van der Waals surface area contributed by atoms with Crippen molar-refractivity contribution in [2.24, 2.45) is 0 Å². The molecule has 0 N–H and O–H groups in total. The van der Waals surface area contributed by atoms with Crippen molar-refractivity contribution in [3.05, 3.63) is 191 Å². The van der Waals surface area contributed by atoms with E-state index in [0.29, 0.717) is 78.0 Å². The number of alkyl halides is 6. The van der Waals surface area contributed by atoms with Gasteiger partial charge < -0.3 is 9.13 Å². The highest BCUT2D eigenvalue weighted by Crippen LogP contribution is 2.47. The predicted molar refractivity (Wildman–Crippen MR) is 245 cm³/mol. The lowest BCUT2D eigenvalue weighted by molar-refractivity contribution is -0.143. The maximum Gasteiger partial charge on any atom is 0.416 e. The van der Waals surface area contributed by atoms with Crippen LogP contribution in [0.25, 0.3) is 88.4 Å². The minimum atomic E-state index is -5.22. The second kappa shape index (κ2) is 15.8. The molecule has 0 atom stereocenters. The quantitative estimate of drug-likeness (QED) is 0.159. The summed E-state index contributed by atoms with van der Waals surface area (Å²) in [5, 5.41) is 52.7. The fourth-order valence-corrected chi connectivity index (χ4v) is 9.09. The summed E-state index contributed by atoms with van der Waals surface area (Å²) in [6, 6.07) is 49.0. The van der Waals surface area contributed by atoms with E-state index >= 15 is 0 Å². The first-order chi connectivity index (χ1) is 32.7. The van der Waals surface area contributed by atoms with Crippen LogP contribution in [0.15, 0.2) is 152 Å². The van der Waals surface area contributed by atoms with Crippen LogP contribution in [0, 0.1) is 56.7 Å². The highest BCUT2D eigenvalue weighted by molar-refractivity contribution is 6.13. The van der Waals surface area contributed by atoms with Gasteiger partial charge in [-0.25, -0.2) is 0 Å². The van der Waals surface area contributed by atoms with Crippen LogP contribution >= 0.6 is 0 Å². The number of para-hydroxylation sites is 2. The van der Waals surface area contributed by atoms with Gasteiger partial charge in [-0.15, -0.1) is 0 Å². The normalized spacial score (nSPS) is 11.6. The van der Waals surface area contributed by atoms with Crippen LogP contribution in [0.2, 0.25) is 0 Å². The van der Waals surface area contributed by atoms with Gasteiger partial charge in [0.2, 0.25) is 0 Å². The average molecular weight is 898 g/mol. The summed E-state index contributed by atoms with van der Waals surface area (Å²) in [6.07, 6.45) is -10.4. The van der Waals surface area contributed by atoms with Gasteiger partial charge in [-0.2, -0.15) is 52.7 Å². The van der Waals surface area contributed by atoms with Gasteiger partial charge in [0.25, 0.3) is 0 Å². The molecule has 10 rings (SSSR count). The van der Waals surface area contributed by atoms with E-state index < -0.39 is 29.0 Å². The molecule has 0 aliphatic carbocycles. The molecule has 0 fully saturated rings. The Morgan fingerprint density at radius 2 is 0.676 bits per heavy atom. The summed E-state index contributed by atoms with van der Waals surface area (Å²) in [7, 11) is 0. The molecule has 0 amide bonds. The lowest BCUT2D eigenvalue weighted by Gasteiger charge is -2.22. The number of fused-ring (bicyclic) bond motifs is 6. The fraction of sp³-hybridized carbons (Fsp3) is 0.0364. The Morgan fingerprint density at radius 3 is 1.04 bits per heavy atom. The molecule has 0 aliphatic heterocycles. The molecule has 7 nitrogen and oxygen atoms in total. The van der Waals surface area contributed by atoms with Gasteiger partial charge in [-0.1, -0.05) is 60.7 Å². The Hall–Kier alpha value is -9.61. The van der Waals surface area contributed by atoms with Gasteiger partial charge in [-0.3, -0.25) is 0 Å². The molecule has 13 heteroatoms. The van der Waals surface area contributed by atoms with Crippen molar-refractivity contribution in [3.8, 4) is 75.1 Å². The van der Waals surface area contributed by atoms with E-state index in [-0.39, 0.29) is 50.8 Å². The zero-order valence-electron chi connectivity index (χ0n) is 34.8. The summed E-state index contributed by atoms with van der Waals surface area (Å²) >= 11 is 0. The van der Waals surface area contributed by atoms with Crippen LogP contribution in [0.5, 0.6) is 0 Å². The first-order valence-electron chi connectivity index (χ1n) is 20.6. The zero-order chi connectivity index (χ0) is 47.6. The van der Waals surface area contributed by atoms with Gasteiger partial charge in [0, 0.05) is 27.1 Å². The van der Waals surface area contributed by atoms with Crippen molar-refractivity contribution in [2.45, 2.75) is 12.4 Å². The Labute approximate surface area is 382 Å². The molecule has 0 bridgehead atoms. The number of nitrogens with zero attached hydrogens (tertiary/aromatic N) is 7. The molecule has 0 unspecified atom stereocenters. The Morgan fingerprint density at radius 1 is 0.324 bits per heavy atom. The maximum absolute atomic E-state index is 14.9. The lowest BCUT2D eigenvalue weighted by atomic mass is 9.94. The van der Waals surface area contributed by atoms with E-state index in [2.05, 4.69) is 30.3 Å². The van der Waals surface area contributed by atoms with Crippen molar-refractivity contribution in [2.75, 3.05) is 0 Å². The van der Waals surface area contributed by atoms with E-state index in [1.54, 1.807) is 94.1 Å². The largest absolute Gasteiger partial charge is 0.416 e. The number of hydrogen-bond donors (Lipinski definition) is 0. The first kappa shape index (κ1) is 42.3. The van der Waals surface area contributed by atoms with Crippen molar-refractivity contribution < 1.29 is 26.3 Å². The van der Waals surface area contributed by atoms with Crippen molar-refractivity contribution >= 4 is 43.6 Å². The van der Waals surface area contributed by atoms with E-state index in [0.717, 1.165) is 0 Å². The predicted octanol–water partition coefficient (Wildman–Crippen LogP) is 14.3. The number of nitriles is 5. The average Bonchev–Trinajstić information content (AvgIpc) is 3.86.